The predicted molar refractivity (Wildman–Crippen MR) is 51.5 cm³/mol. The Hall–Kier alpha value is -0.570. The molecule has 2 aliphatic carbocycles. The Labute approximate surface area is 84.1 Å². The van der Waals surface area contributed by atoms with Crippen molar-refractivity contribution in [2.24, 2.45) is 17.8 Å². The number of aliphatic hydroxyl groups excluding tert-OH is 1. The number of rotatable bonds is 1. The highest BCUT2D eigenvalue weighted by Gasteiger charge is 2.49. The van der Waals surface area contributed by atoms with Crippen LogP contribution >= 0.6 is 0 Å². The van der Waals surface area contributed by atoms with Crippen LogP contribution in [0.25, 0.3) is 0 Å². The minimum atomic E-state index is -0.269. The van der Waals surface area contributed by atoms with Gasteiger partial charge in [0.2, 0.25) is 5.91 Å². The van der Waals surface area contributed by atoms with E-state index in [9.17, 15) is 9.90 Å². The van der Waals surface area contributed by atoms with E-state index in [2.05, 4.69) is 0 Å². The summed E-state index contributed by atoms with van der Waals surface area (Å²) in [4.78, 5) is 13.8. The van der Waals surface area contributed by atoms with Crippen molar-refractivity contribution in [3.05, 3.63) is 0 Å². The SMILES string of the molecule is O=C(C1CC2CC2C1)N1CCC(O)C1. The Kier molecular flexibility index (Phi) is 1.84. The lowest BCUT2D eigenvalue weighted by atomic mass is 10.0. The molecule has 0 spiro atoms. The fourth-order valence-electron chi connectivity index (χ4n) is 3.12. The zero-order chi connectivity index (χ0) is 9.71. The molecule has 0 aromatic heterocycles. The maximum atomic E-state index is 12.0. The molecule has 1 aliphatic heterocycles. The lowest BCUT2D eigenvalue weighted by molar-refractivity contribution is -0.134. The van der Waals surface area contributed by atoms with E-state index in [1.807, 2.05) is 4.90 Å². The topological polar surface area (TPSA) is 40.5 Å². The van der Waals surface area contributed by atoms with Crippen molar-refractivity contribution in [1.82, 2.24) is 4.90 Å². The molecule has 3 rings (SSSR count). The summed E-state index contributed by atoms with van der Waals surface area (Å²) in [6.07, 6.45) is 4.11. The fourth-order valence-corrected chi connectivity index (χ4v) is 3.12. The van der Waals surface area contributed by atoms with Crippen LogP contribution in [0.2, 0.25) is 0 Å². The first-order chi connectivity index (χ1) is 6.74. The van der Waals surface area contributed by atoms with Crippen LogP contribution in [0, 0.1) is 17.8 Å². The first kappa shape index (κ1) is 8.72. The lowest BCUT2D eigenvalue weighted by Gasteiger charge is -2.20. The maximum Gasteiger partial charge on any atom is 0.225 e. The van der Waals surface area contributed by atoms with Gasteiger partial charge in [0.1, 0.15) is 0 Å². The quantitative estimate of drug-likeness (QED) is 0.666. The van der Waals surface area contributed by atoms with E-state index in [1.54, 1.807) is 0 Å². The summed E-state index contributed by atoms with van der Waals surface area (Å²) in [6, 6.07) is 0. The molecule has 3 fully saturated rings. The lowest BCUT2D eigenvalue weighted by Crippen LogP contribution is -2.34. The normalized spacial score (nSPS) is 45.4. The second-order valence-electron chi connectivity index (χ2n) is 5.15. The highest BCUT2D eigenvalue weighted by molar-refractivity contribution is 5.79. The van der Waals surface area contributed by atoms with Crippen molar-refractivity contribution in [2.45, 2.75) is 31.8 Å². The second kappa shape index (κ2) is 2.96. The number of likely N-dealkylation sites (tertiary alicyclic amines) is 1. The molecule has 14 heavy (non-hydrogen) atoms. The van der Waals surface area contributed by atoms with Crippen LogP contribution in [0.1, 0.15) is 25.7 Å². The third-order valence-electron chi connectivity index (χ3n) is 4.07. The molecule has 3 atom stereocenters. The van der Waals surface area contributed by atoms with Gasteiger partial charge in [-0.05, 0) is 37.5 Å². The van der Waals surface area contributed by atoms with E-state index in [-0.39, 0.29) is 6.10 Å². The maximum absolute atomic E-state index is 12.0. The molecule has 1 N–H and O–H groups in total. The highest BCUT2D eigenvalue weighted by atomic mass is 16.3. The number of hydrogen-bond acceptors (Lipinski definition) is 2. The summed E-state index contributed by atoms with van der Waals surface area (Å²) in [5, 5.41) is 9.36. The molecule has 3 unspecified atom stereocenters. The van der Waals surface area contributed by atoms with Gasteiger partial charge in [0.15, 0.2) is 0 Å². The van der Waals surface area contributed by atoms with Gasteiger partial charge in [0.25, 0.3) is 0 Å². The first-order valence-electron chi connectivity index (χ1n) is 5.71. The van der Waals surface area contributed by atoms with E-state index >= 15 is 0 Å². The molecule has 0 aromatic rings. The van der Waals surface area contributed by atoms with Crippen LogP contribution < -0.4 is 0 Å². The summed E-state index contributed by atoms with van der Waals surface area (Å²) < 4.78 is 0. The molecular weight excluding hydrogens is 178 g/mol. The molecule has 1 amide bonds. The zero-order valence-electron chi connectivity index (χ0n) is 8.35. The van der Waals surface area contributed by atoms with Crippen LogP contribution in [0.3, 0.4) is 0 Å². The minimum Gasteiger partial charge on any atom is -0.391 e. The van der Waals surface area contributed by atoms with E-state index in [0.29, 0.717) is 18.4 Å². The number of nitrogens with zero attached hydrogens (tertiary/aromatic N) is 1. The van der Waals surface area contributed by atoms with Crippen LogP contribution in [-0.2, 0) is 4.79 Å². The van der Waals surface area contributed by atoms with Gasteiger partial charge in [-0.25, -0.2) is 0 Å². The van der Waals surface area contributed by atoms with E-state index in [0.717, 1.165) is 37.6 Å². The number of amides is 1. The van der Waals surface area contributed by atoms with Crippen LogP contribution in [0.15, 0.2) is 0 Å². The molecule has 3 aliphatic rings. The van der Waals surface area contributed by atoms with Crippen molar-refractivity contribution in [3.63, 3.8) is 0 Å². The fraction of sp³-hybridized carbons (Fsp3) is 0.909. The monoisotopic (exact) mass is 195 g/mol. The Morgan fingerprint density at radius 2 is 1.93 bits per heavy atom. The average molecular weight is 195 g/mol. The number of aliphatic hydroxyl groups is 1. The van der Waals surface area contributed by atoms with Gasteiger partial charge >= 0.3 is 0 Å². The largest absolute Gasteiger partial charge is 0.391 e. The first-order valence-corrected chi connectivity index (χ1v) is 5.71. The Bertz CT molecular complexity index is 247. The van der Waals surface area contributed by atoms with Crippen LogP contribution in [0.5, 0.6) is 0 Å². The predicted octanol–water partition coefficient (Wildman–Crippen LogP) is 0.626. The molecular formula is C11H17NO2. The van der Waals surface area contributed by atoms with Gasteiger partial charge in [-0.2, -0.15) is 0 Å². The van der Waals surface area contributed by atoms with E-state index in [4.69, 9.17) is 0 Å². The van der Waals surface area contributed by atoms with Gasteiger partial charge in [-0.3, -0.25) is 4.79 Å². The Morgan fingerprint density at radius 3 is 2.50 bits per heavy atom. The van der Waals surface area contributed by atoms with Crippen molar-refractivity contribution >= 4 is 5.91 Å². The van der Waals surface area contributed by atoms with Gasteiger partial charge in [0, 0.05) is 19.0 Å². The number of fused-ring (bicyclic) bond motifs is 1. The van der Waals surface area contributed by atoms with Crippen molar-refractivity contribution in [1.29, 1.82) is 0 Å². The van der Waals surface area contributed by atoms with E-state index < -0.39 is 0 Å². The average Bonchev–Trinajstić information content (AvgIpc) is 2.64. The molecule has 3 nitrogen and oxygen atoms in total. The second-order valence-corrected chi connectivity index (χ2v) is 5.15. The number of carbonyl (C=O) groups excluding carboxylic acids is 1. The smallest absolute Gasteiger partial charge is 0.225 e. The third kappa shape index (κ3) is 1.34. The molecule has 1 saturated heterocycles. The molecule has 0 radical (unpaired) electrons. The van der Waals surface area contributed by atoms with E-state index in [1.165, 1.54) is 6.42 Å². The van der Waals surface area contributed by atoms with Crippen molar-refractivity contribution in [3.8, 4) is 0 Å². The zero-order valence-corrected chi connectivity index (χ0v) is 8.35. The van der Waals surface area contributed by atoms with Crippen LogP contribution in [0.4, 0.5) is 0 Å². The van der Waals surface area contributed by atoms with Crippen LogP contribution in [-0.4, -0.2) is 35.1 Å². The molecule has 2 saturated carbocycles. The summed E-state index contributed by atoms with van der Waals surface area (Å²) in [7, 11) is 0. The highest BCUT2D eigenvalue weighted by Crippen LogP contribution is 2.54. The van der Waals surface area contributed by atoms with Gasteiger partial charge in [-0.15, -0.1) is 0 Å². The third-order valence-corrected chi connectivity index (χ3v) is 4.07. The molecule has 3 heteroatoms. The molecule has 78 valence electrons. The van der Waals surface area contributed by atoms with Crippen molar-refractivity contribution in [2.75, 3.05) is 13.1 Å². The molecule has 0 aromatic carbocycles. The Morgan fingerprint density at radius 1 is 1.21 bits per heavy atom. The van der Waals surface area contributed by atoms with Gasteiger partial charge < -0.3 is 10.0 Å². The minimum absolute atomic E-state index is 0.269. The number of carbonyl (C=O) groups is 1. The number of β-amino-alcohol motifs (C(OH)–C–C–N with tert-alkyl or cyclic N) is 1. The standard InChI is InChI=1S/C11H17NO2/c13-10-1-2-12(6-10)11(14)9-4-7-3-8(7)5-9/h7-10,13H,1-6H2. The van der Waals surface area contributed by atoms with Gasteiger partial charge in [0.05, 0.1) is 6.10 Å². The summed E-state index contributed by atoms with van der Waals surface area (Å²) >= 11 is 0. The summed E-state index contributed by atoms with van der Waals surface area (Å²) in [5.74, 6) is 2.35. The molecule has 0 bridgehead atoms. The number of hydrogen-bond donors (Lipinski definition) is 1. The molecule has 1 heterocycles. The summed E-state index contributed by atoms with van der Waals surface area (Å²) in [6.45, 7) is 1.34. The van der Waals surface area contributed by atoms with Gasteiger partial charge in [-0.1, -0.05) is 0 Å². The van der Waals surface area contributed by atoms with Crippen molar-refractivity contribution < 1.29 is 9.90 Å². The summed E-state index contributed by atoms with van der Waals surface area (Å²) in [5.41, 5.74) is 0. The Balaban J connectivity index is 1.59.